The summed E-state index contributed by atoms with van der Waals surface area (Å²) in [6.45, 7) is 7.32. The lowest BCUT2D eigenvalue weighted by Gasteiger charge is -2.36. The first-order valence-electron chi connectivity index (χ1n) is 7.06. The number of ether oxygens (including phenoxy) is 1. The minimum absolute atomic E-state index is 0.0569. The van der Waals surface area contributed by atoms with Crippen molar-refractivity contribution in [1.82, 2.24) is 9.88 Å². The van der Waals surface area contributed by atoms with Crippen LogP contribution in [-0.4, -0.2) is 41.1 Å². The monoisotopic (exact) mass is 272 g/mol. The molecule has 3 rings (SSSR count). The van der Waals surface area contributed by atoms with Gasteiger partial charge in [0.05, 0.1) is 18.8 Å². The van der Waals surface area contributed by atoms with Crippen molar-refractivity contribution in [2.45, 2.75) is 32.9 Å². The summed E-state index contributed by atoms with van der Waals surface area (Å²) in [5.74, 6) is 0.0569. The number of carbonyl (C=O) groups excluding carboxylic acids is 1. The van der Waals surface area contributed by atoms with E-state index in [-0.39, 0.29) is 18.1 Å². The number of hydrogen-bond acceptors (Lipinski definition) is 2. The van der Waals surface area contributed by atoms with Gasteiger partial charge in [0.2, 0.25) is 0 Å². The van der Waals surface area contributed by atoms with Gasteiger partial charge in [-0.3, -0.25) is 4.79 Å². The van der Waals surface area contributed by atoms with Crippen LogP contribution < -0.4 is 0 Å². The Kier molecular flexibility index (Phi) is 3.26. The Balaban J connectivity index is 1.91. The topological polar surface area (TPSA) is 45.3 Å². The largest absolute Gasteiger partial charge is 0.375 e. The molecule has 1 fully saturated rings. The molecule has 0 unspecified atom stereocenters. The van der Waals surface area contributed by atoms with Crippen molar-refractivity contribution in [3.8, 4) is 0 Å². The van der Waals surface area contributed by atoms with Gasteiger partial charge in [-0.25, -0.2) is 0 Å². The maximum absolute atomic E-state index is 12.6. The zero-order valence-corrected chi connectivity index (χ0v) is 12.1. The van der Waals surface area contributed by atoms with Crippen molar-refractivity contribution in [2.24, 2.45) is 0 Å². The minimum atomic E-state index is 0.0569. The Labute approximate surface area is 118 Å². The quantitative estimate of drug-likeness (QED) is 0.867. The maximum atomic E-state index is 12.6. The van der Waals surface area contributed by atoms with E-state index in [0.717, 1.165) is 10.9 Å². The summed E-state index contributed by atoms with van der Waals surface area (Å²) in [6.07, 6.45) is 0.0989. The van der Waals surface area contributed by atoms with Crippen LogP contribution in [0.25, 0.3) is 10.9 Å². The van der Waals surface area contributed by atoms with Crippen molar-refractivity contribution in [3.63, 3.8) is 0 Å². The van der Waals surface area contributed by atoms with Crippen LogP contribution in [0.5, 0.6) is 0 Å². The first-order valence-corrected chi connectivity index (χ1v) is 7.06. The first-order chi connectivity index (χ1) is 9.54. The minimum Gasteiger partial charge on any atom is -0.375 e. The summed E-state index contributed by atoms with van der Waals surface area (Å²) in [5.41, 5.74) is 2.86. The van der Waals surface area contributed by atoms with Gasteiger partial charge in [0, 0.05) is 17.4 Å². The molecular weight excluding hydrogens is 252 g/mol. The molecule has 0 radical (unpaired) electrons. The van der Waals surface area contributed by atoms with Crippen LogP contribution in [0.15, 0.2) is 24.3 Å². The van der Waals surface area contributed by atoms with E-state index in [4.69, 9.17) is 4.74 Å². The zero-order chi connectivity index (χ0) is 14.3. The van der Waals surface area contributed by atoms with Crippen LogP contribution in [0.2, 0.25) is 0 Å². The van der Waals surface area contributed by atoms with Crippen LogP contribution in [-0.2, 0) is 4.74 Å². The summed E-state index contributed by atoms with van der Waals surface area (Å²) >= 11 is 0. The second-order valence-corrected chi connectivity index (χ2v) is 5.72. The smallest absolute Gasteiger partial charge is 0.270 e. The maximum Gasteiger partial charge on any atom is 0.270 e. The lowest BCUT2D eigenvalue weighted by atomic mass is 10.1. The van der Waals surface area contributed by atoms with E-state index in [0.29, 0.717) is 18.8 Å². The standard InChI is InChI=1S/C16H20N2O2/c1-10-4-5-13-7-15(17-14(13)6-10)16(19)18-8-12(3)20-9-11(18)2/h4-7,11-12,17H,8-9H2,1-3H3/t11-,12-/m0/s1. The third kappa shape index (κ3) is 2.31. The summed E-state index contributed by atoms with van der Waals surface area (Å²) in [7, 11) is 0. The van der Waals surface area contributed by atoms with Gasteiger partial charge < -0.3 is 14.6 Å². The van der Waals surface area contributed by atoms with E-state index < -0.39 is 0 Å². The van der Waals surface area contributed by atoms with Gasteiger partial charge in [-0.1, -0.05) is 12.1 Å². The number of benzene rings is 1. The molecule has 0 bridgehead atoms. The lowest BCUT2D eigenvalue weighted by molar-refractivity contribution is -0.0388. The molecule has 0 saturated carbocycles. The van der Waals surface area contributed by atoms with E-state index in [1.165, 1.54) is 5.56 Å². The third-order valence-corrected chi connectivity index (χ3v) is 3.88. The molecule has 1 N–H and O–H groups in total. The Bertz CT molecular complexity index is 647. The predicted molar refractivity (Wildman–Crippen MR) is 78.9 cm³/mol. The van der Waals surface area contributed by atoms with E-state index in [9.17, 15) is 4.79 Å². The van der Waals surface area contributed by atoms with Crippen LogP contribution >= 0.6 is 0 Å². The SMILES string of the molecule is Cc1ccc2cc(C(=O)N3C[C@H](C)OC[C@@H]3C)[nH]c2c1. The number of carbonyl (C=O) groups is 1. The lowest BCUT2D eigenvalue weighted by Crippen LogP contribution is -2.50. The van der Waals surface area contributed by atoms with E-state index >= 15 is 0 Å². The van der Waals surface area contributed by atoms with Gasteiger partial charge in [-0.15, -0.1) is 0 Å². The van der Waals surface area contributed by atoms with E-state index in [2.05, 4.69) is 17.1 Å². The molecule has 1 saturated heterocycles. The van der Waals surface area contributed by atoms with Gasteiger partial charge >= 0.3 is 0 Å². The number of amides is 1. The van der Waals surface area contributed by atoms with Crippen LogP contribution in [0.3, 0.4) is 0 Å². The molecule has 1 aromatic heterocycles. The van der Waals surface area contributed by atoms with Gasteiger partial charge in [-0.2, -0.15) is 0 Å². The highest BCUT2D eigenvalue weighted by molar-refractivity contribution is 5.98. The molecular formula is C16H20N2O2. The molecule has 0 aliphatic carbocycles. The van der Waals surface area contributed by atoms with Crippen molar-refractivity contribution >= 4 is 16.8 Å². The fourth-order valence-corrected chi connectivity index (χ4v) is 2.70. The summed E-state index contributed by atoms with van der Waals surface area (Å²) in [5, 5.41) is 1.08. The number of fused-ring (bicyclic) bond motifs is 1. The number of aryl methyl sites for hydroxylation is 1. The van der Waals surface area contributed by atoms with Gasteiger partial charge in [0.15, 0.2) is 0 Å². The fourth-order valence-electron chi connectivity index (χ4n) is 2.70. The highest BCUT2D eigenvalue weighted by atomic mass is 16.5. The molecule has 1 aliphatic heterocycles. The second kappa shape index (κ2) is 4.94. The summed E-state index contributed by atoms with van der Waals surface area (Å²) in [6, 6.07) is 8.22. The van der Waals surface area contributed by atoms with E-state index in [1.54, 1.807) is 0 Å². The number of rotatable bonds is 1. The number of aromatic nitrogens is 1. The van der Waals surface area contributed by atoms with Crippen molar-refractivity contribution in [2.75, 3.05) is 13.2 Å². The Morgan fingerprint density at radius 3 is 2.95 bits per heavy atom. The molecule has 106 valence electrons. The Hall–Kier alpha value is -1.81. The number of morpholine rings is 1. The molecule has 4 heteroatoms. The average Bonchev–Trinajstić information content (AvgIpc) is 2.83. The normalized spacial score (nSPS) is 23.2. The number of nitrogens with zero attached hydrogens (tertiary/aromatic N) is 1. The fraction of sp³-hybridized carbons (Fsp3) is 0.438. The van der Waals surface area contributed by atoms with E-state index in [1.807, 2.05) is 37.8 Å². The van der Waals surface area contributed by atoms with Gasteiger partial charge in [-0.05, 0) is 38.5 Å². The first kappa shape index (κ1) is 13.2. The summed E-state index contributed by atoms with van der Waals surface area (Å²) in [4.78, 5) is 17.8. The second-order valence-electron chi connectivity index (χ2n) is 5.72. The average molecular weight is 272 g/mol. The number of aromatic amines is 1. The highest BCUT2D eigenvalue weighted by Crippen LogP contribution is 2.20. The van der Waals surface area contributed by atoms with Crippen molar-refractivity contribution in [1.29, 1.82) is 0 Å². The highest BCUT2D eigenvalue weighted by Gasteiger charge is 2.28. The number of hydrogen-bond donors (Lipinski definition) is 1. The molecule has 2 atom stereocenters. The van der Waals surface area contributed by atoms with Crippen LogP contribution in [0, 0.1) is 6.92 Å². The van der Waals surface area contributed by atoms with Crippen LogP contribution in [0.1, 0.15) is 29.9 Å². The van der Waals surface area contributed by atoms with Gasteiger partial charge in [0.25, 0.3) is 5.91 Å². The Morgan fingerprint density at radius 1 is 1.35 bits per heavy atom. The molecule has 1 aromatic carbocycles. The summed E-state index contributed by atoms with van der Waals surface area (Å²) < 4.78 is 5.58. The molecule has 1 aliphatic rings. The number of H-pyrrole nitrogens is 1. The molecule has 2 aromatic rings. The molecule has 2 heterocycles. The zero-order valence-electron chi connectivity index (χ0n) is 12.1. The van der Waals surface area contributed by atoms with Crippen molar-refractivity contribution < 1.29 is 9.53 Å². The third-order valence-electron chi connectivity index (χ3n) is 3.88. The van der Waals surface area contributed by atoms with Crippen LogP contribution in [0.4, 0.5) is 0 Å². The predicted octanol–water partition coefficient (Wildman–Crippen LogP) is 2.73. The number of nitrogens with one attached hydrogen (secondary N) is 1. The molecule has 0 spiro atoms. The molecule has 20 heavy (non-hydrogen) atoms. The molecule has 1 amide bonds. The molecule has 4 nitrogen and oxygen atoms in total. The van der Waals surface area contributed by atoms with Crippen molar-refractivity contribution in [3.05, 3.63) is 35.5 Å². The Morgan fingerprint density at radius 2 is 2.15 bits per heavy atom. The van der Waals surface area contributed by atoms with Gasteiger partial charge in [0.1, 0.15) is 5.69 Å².